The van der Waals surface area contributed by atoms with E-state index < -0.39 is 28.7 Å². The van der Waals surface area contributed by atoms with Gasteiger partial charge in [0.1, 0.15) is 23.2 Å². The number of carbonyl (C=O) groups excluding carboxylic acids is 2. The maximum absolute atomic E-state index is 12.3. The lowest BCUT2D eigenvalue weighted by atomic mass is 9.96. The lowest BCUT2D eigenvalue weighted by Gasteiger charge is -2.43. The molecule has 8 heteroatoms. The molecule has 0 bridgehead atoms. The Morgan fingerprint density at radius 2 is 1.96 bits per heavy atom. The number of carboxylic acids is 1. The van der Waals surface area contributed by atoms with E-state index in [9.17, 15) is 19.5 Å². The van der Waals surface area contributed by atoms with Gasteiger partial charge in [0.05, 0.1) is 7.11 Å². The number of benzene rings is 1. The van der Waals surface area contributed by atoms with E-state index in [-0.39, 0.29) is 11.3 Å². The van der Waals surface area contributed by atoms with Crippen molar-refractivity contribution in [2.45, 2.75) is 36.1 Å². The molecule has 2 saturated heterocycles. The van der Waals surface area contributed by atoms with Crippen molar-refractivity contribution < 1.29 is 24.2 Å². The van der Waals surface area contributed by atoms with Gasteiger partial charge in [-0.25, -0.2) is 4.79 Å². The molecule has 2 heterocycles. The maximum atomic E-state index is 12.3. The van der Waals surface area contributed by atoms with Crippen LogP contribution in [0, 0.1) is 0 Å². The molecule has 2 aliphatic rings. The van der Waals surface area contributed by atoms with Crippen LogP contribution in [-0.4, -0.2) is 57.1 Å². The summed E-state index contributed by atoms with van der Waals surface area (Å²) >= 11 is 1.40. The Morgan fingerprint density at radius 3 is 2.54 bits per heavy atom. The van der Waals surface area contributed by atoms with Crippen molar-refractivity contribution in [2.24, 2.45) is 0 Å². The van der Waals surface area contributed by atoms with Crippen molar-refractivity contribution in [1.29, 1.82) is 0 Å². The predicted octanol–water partition coefficient (Wildman–Crippen LogP) is 1.34. The quantitative estimate of drug-likeness (QED) is 0.595. The number of hydrogen-bond acceptors (Lipinski definition) is 5. The normalized spacial score (nSPS) is 26.3. The molecule has 0 unspecified atom stereocenters. The highest BCUT2D eigenvalue weighted by Crippen LogP contribution is 2.50. The van der Waals surface area contributed by atoms with Crippen molar-refractivity contribution in [3.8, 4) is 5.75 Å². The SMILES string of the molecule is COc1ccc(/C=C/C(=O)N[C@@H]2C(=O)N3[C@H]2SC(C)(C)[C@H]3C(=O)O)cc1. The minimum atomic E-state index is -1.03. The number of carboxylic acid groups (broad SMARTS) is 1. The van der Waals surface area contributed by atoms with Crippen LogP contribution in [0.1, 0.15) is 19.4 Å². The van der Waals surface area contributed by atoms with Crippen molar-refractivity contribution in [2.75, 3.05) is 7.11 Å². The second-order valence-electron chi connectivity index (χ2n) is 6.69. The number of aliphatic carboxylic acids is 1. The summed E-state index contributed by atoms with van der Waals surface area (Å²) in [6, 6.07) is 5.62. The van der Waals surface area contributed by atoms with E-state index in [0.717, 1.165) is 11.3 Å². The first-order chi connectivity index (χ1) is 12.2. The van der Waals surface area contributed by atoms with E-state index in [1.165, 1.54) is 22.7 Å². The molecule has 2 N–H and O–H groups in total. The third-order valence-corrected chi connectivity index (χ3v) is 6.09. The largest absolute Gasteiger partial charge is 0.497 e. The summed E-state index contributed by atoms with van der Waals surface area (Å²) in [5.74, 6) is -1.05. The molecule has 2 aliphatic heterocycles. The highest BCUT2D eigenvalue weighted by atomic mass is 32.2. The van der Waals surface area contributed by atoms with Gasteiger partial charge in [-0.3, -0.25) is 9.59 Å². The van der Waals surface area contributed by atoms with Gasteiger partial charge in [0.15, 0.2) is 0 Å². The maximum Gasteiger partial charge on any atom is 0.327 e. The standard InChI is InChI=1S/C18H20N2O5S/c1-18(2)14(17(23)24)20-15(22)13(16(20)26-18)19-12(21)9-6-10-4-7-11(25-3)8-5-10/h4-9,13-14,16H,1-3H3,(H,19,21)(H,23,24)/b9-6+/t13-,14-,16+/m1/s1. The molecule has 1 aromatic carbocycles. The Morgan fingerprint density at radius 1 is 1.31 bits per heavy atom. The molecular weight excluding hydrogens is 356 g/mol. The zero-order chi connectivity index (χ0) is 19.1. The second kappa shape index (κ2) is 6.68. The molecular formula is C18H20N2O5S. The Kier molecular flexibility index (Phi) is 4.70. The summed E-state index contributed by atoms with van der Waals surface area (Å²) in [6.45, 7) is 3.59. The van der Waals surface area contributed by atoms with E-state index in [2.05, 4.69) is 5.32 Å². The van der Waals surface area contributed by atoms with Crippen LogP contribution < -0.4 is 10.1 Å². The smallest absolute Gasteiger partial charge is 0.327 e. The Bertz CT molecular complexity index is 774. The van der Waals surface area contributed by atoms with Gasteiger partial charge in [-0.1, -0.05) is 12.1 Å². The Hall–Kier alpha value is -2.48. The van der Waals surface area contributed by atoms with Gasteiger partial charge in [0.25, 0.3) is 0 Å². The fourth-order valence-corrected chi connectivity index (χ4v) is 4.86. The van der Waals surface area contributed by atoms with Crippen molar-refractivity contribution in [3.63, 3.8) is 0 Å². The van der Waals surface area contributed by atoms with Crippen LogP contribution in [0.5, 0.6) is 5.75 Å². The van der Waals surface area contributed by atoms with E-state index >= 15 is 0 Å². The van der Waals surface area contributed by atoms with E-state index in [0.29, 0.717) is 0 Å². The summed E-state index contributed by atoms with van der Waals surface area (Å²) in [4.78, 5) is 37.3. The van der Waals surface area contributed by atoms with Gasteiger partial charge in [-0.05, 0) is 37.6 Å². The van der Waals surface area contributed by atoms with Crippen LogP contribution in [0.2, 0.25) is 0 Å². The number of amides is 2. The zero-order valence-electron chi connectivity index (χ0n) is 14.6. The van der Waals surface area contributed by atoms with Gasteiger partial charge in [0, 0.05) is 10.8 Å². The molecule has 2 fully saturated rings. The number of methoxy groups -OCH3 is 1. The second-order valence-corrected chi connectivity index (χ2v) is 8.46. The first-order valence-corrected chi connectivity index (χ1v) is 8.98. The monoisotopic (exact) mass is 376 g/mol. The van der Waals surface area contributed by atoms with Crippen molar-refractivity contribution in [3.05, 3.63) is 35.9 Å². The highest BCUT2D eigenvalue weighted by molar-refractivity contribution is 8.01. The molecule has 26 heavy (non-hydrogen) atoms. The molecule has 3 atom stereocenters. The molecule has 0 aliphatic carbocycles. The van der Waals surface area contributed by atoms with Crippen LogP contribution in [0.4, 0.5) is 0 Å². The van der Waals surface area contributed by atoms with E-state index in [4.69, 9.17) is 4.74 Å². The van der Waals surface area contributed by atoms with E-state index in [1.807, 2.05) is 12.1 Å². The molecule has 0 aromatic heterocycles. The minimum Gasteiger partial charge on any atom is -0.497 e. The molecule has 0 radical (unpaired) electrons. The number of hydrogen-bond donors (Lipinski definition) is 2. The number of rotatable bonds is 5. The van der Waals surface area contributed by atoms with Gasteiger partial charge < -0.3 is 20.1 Å². The molecule has 3 rings (SSSR count). The van der Waals surface area contributed by atoms with Crippen LogP contribution in [-0.2, 0) is 14.4 Å². The summed E-state index contributed by atoms with van der Waals surface area (Å²) in [6.07, 6.45) is 3.00. The van der Waals surface area contributed by atoms with Crippen LogP contribution in [0.15, 0.2) is 30.3 Å². The third-order valence-electron chi connectivity index (χ3n) is 4.52. The fourth-order valence-electron chi connectivity index (χ4n) is 3.23. The first kappa shape index (κ1) is 18.3. The fraction of sp³-hybridized carbons (Fsp3) is 0.389. The number of nitrogens with zero attached hydrogens (tertiary/aromatic N) is 1. The van der Waals surface area contributed by atoms with Gasteiger partial charge in [-0.2, -0.15) is 0 Å². The average Bonchev–Trinajstić information content (AvgIpc) is 2.86. The highest BCUT2D eigenvalue weighted by Gasteiger charge is 2.64. The van der Waals surface area contributed by atoms with Gasteiger partial charge in [-0.15, -0.1) is 11.8 Å². The number of fused-ring (bicyclic) bond motifs is 1. The van der Waals surface area contributed by atoms with Crippen LogP contribution in [0.25, 0.3) is 6.08 Å². The molecule has 7 nitrogen and oxygen atoms in total. The van der Waals surface area contributed by atoms with Gasteiger partial charge in [0.2, 0.25) is 11.8 Å². The lowest BCUT2D eigenvalue weighted by Crippen LogP contribution is -2.70. The third kappa shape index (κ3) is 3.16. The van der Waals surface area contributed by atoms with Crippen LogP contribution >= 0.6 is 11.8 Å². The number of ether oxygens (including phenoxy) is 1. The summed E-state index contributed by atoms with van der Waals surface area (Å²) in [7, 11) is 1.58. The predicted molar refractivity (Wildman–Crippen MR) is 97.7 cm³/mol. The number of nitrogens with one attached hydrogen (secondary N) is 1. The molecule has 0 saturated carbocycles. The average molecular weight is 376 g/mol. The van der Waals surface area contributed by atoms with Crippen molar-refractivity contribution >= 4 is 35.6 Å². The minimum absolute atomic E-state index is 0.350. The molecule has 1 aromatic rings. The number of thioether (sulfide) groups is 1. The summed E-state index contributed by atoms with van der Waals surface area (Å²) in [5.41, 5.74) is 0.824. The number of carbonyl (C=O) groups is 3. The zero-order valence-corrected chi connectivity index (χ0v) is 15.4. The summed E-state index contributed by atoms with van der Waals surface area (Å²) < 4.78 is 4.47. The molecule has 138 valence electrons. The number of β-lactam (4-membered cyclic amide) rings is 1. The Balaban J connectivity index is 1.63. The lowest BCUT2D eigenvalue weighted by molar-refractivity contribution is -0.160. The first-order valence-electron chi connectivity index (χ1n) is 8.10. The molecule has 2 amide bonds. The van der Waals surface area contributed by atoms with Crippen LogP contribution in [0.3, 0.4) is 0 Å². The van der Waals surface area contributed by atoms with Crippen molar-refractivity contribution in [1.82, 2.24) is 10.2 Å². The Labute approximate surface area is 155 Å². The summed E-state index contributed by atoms with van der Waals surface area (Å²) in [5, 5.41) is 11.7. The topological polar surface area (TPSA) is 95.9 Å². The molecule has 0 spiro atoms. The van der Waals surface area contributed by atoms with E-state index in [1.54, 1.807) is 39.2 Å². The van der Waals surface area contributed by atoms with Gasteiger partial charge >= 0.3 is 5.97 Å².